The monoisotopic (exact) mass is 283 g/mol. The zero-order valence-corrected chi connectivity index (χ0v) is 10.8. The predicted octanol–water partition coefficient (Wildman–Crippen LogP) is 2.91. The molecule has 0 bridgehead atoms. The summed E-state index contributed by atoms with van der Waals surface area (Å²) < 4.78 is 11.9. The van der Waals surface area contributed by atoms with Crippen LogP contribution < -0.4 is 14.8 Å². The fourth-order valence-corrected chi connectivity index (χ4v) is 2.96. The highest BCUT2D eigenvalue weighted by Gasteiger charge is 2.25. The summed E-state index contributed by atoms with van der Waals surface area (Å²) in [6.45, 7) is 3.56. The van der Waals surface area contributed by atoms with Gasteiger partial charge in [0.25, 0.3) is 0 Å². The lowest BCUT2D eigenvalue weighted by atomic mass is 9.99. The Hall–Kier alpha value is -0.740. The summed E-state index contributed by atoms with van der Waals surface area (Å²) in [5, 5.41) is 3.51. The number of hydrogen-bond donors (Lipinski definition) is 1. The van der Waals surface area contributed by atoms with Crippen molar-refractivity contribution in [1.82, 2.24) is 5.32 Å². The van der Waals surface area contributed by atoms with E-state index in [1.165, 1.54) is 24.0 Å². The molecule has 86 valence electrons. The van der Waals surface area contributed by atoms with Crippen LogP contribution in [0, 0.1) is 6.92 Å². The topological polar surface area (TPSA) is 30.5 Å². The quantitative estimate of drug-likeness (QED) is 0.860. The van der Waals surface area contributed by atoms with Gasteiger partial charge in [-0.1, -0.05) is 0 Å². The van der Waals surface area contributed by atoms with Crippen molar-refractivity contribution in [2.75, 3.05) is 13.3 Å². The summed E-state index contributed by atoms with van der Waals surface area (Å²) in [5.41, 5.74) is 2.58. The standard InChI is InChI=1S/C12H14BrNO2/c1-7-8(9-3-2-4-14-9)5-10-12(11(7)13)16-6-15-10/h5,9,14H,2-4,6H2,1H3. The van der Waals surface area contributed by atoms with Gasteiger partial charge in [-0.2, -0.15) is 0 Å². The summed E-state index contributed by atoms with van der Waals surface area (Å²) in [4.78, 5) is 0. The van der Waals surface area contributed by atoms with Crippen molar-refractivity contribution in [1.29, 1.82) is 0 Å². The molecule has 0 aliphatic carbocycles. The van der Waals surface area contributed by atoms with E-state index in [0.29, 0.717) is 12.8 Å². The van der Waals surface area contributed by atoms with Crippen LogP contribution in [0.2, 0.25) is 0 Å². The highest BCUT2D eigenvalue weighted by atomic mass is 79.9. The van der Waals surface area contributed by atoms with Crippen LogP contribution in [-0.2, 0) is 0 Å². The van der Waals surface area contributed by atoms with Gasteiger partial charge in [0.05, 0.1) is 4.47 Å². The van der Waals surface area contributed by atoms with Gasteiger partial charge in [-0.05, 0) is 59.4 Å². The van der Waals surface area contributed by atoms with Crippen LogP contribution in [0.15, 0.2) is 10.5 Å². The first-order chi connectivity index (χ1) is 7.77. The van der Waals surface area contributed by atoms with Crippen LogP contribution in [0.4, 0.5) is 0 Å². The Morgan fingerprint density at radius 3 is 3.06 bits per heavy atom. The maximum absolute atomic E-state index is 5.45. The minimum absolute atomic E-state index is 0.328. The predicted molar refractivity (Wildman–Crippen MR) is 65.0 cm³/mol. The van der Waals surface area contributed by atoms with Gasteiger partial charge < -0.3 is 14.8 Å². The van der Waals surface area contributed by atoms with Crippen molar-refractivity contribution in [3.63, 3.8) is 0 Å². The highest BCUT2D eigenvalue weighted by molar-refractivity contribution is 9.10. The molecule has 2 heterocycles. The van der Waals surface area contributed by atoms with E-state index in [-0.39, 0.29) is 0 Å². The maximum Gasteiger partial charge on any atom is 0.231 e. The molecule has 1 atom stereocenters. The van der Waals surface area contributed by atoms with Crippen LogP contribution in [0.3, 0.4) is 0 Å². The lowest BCUT2D eigenvalue weighted by Gasteiger charge is -2.16. The number of benzene rings is 1. The van der Waals surface area contributed by atoms with Crippen LogP contribution >= 0.6 is 15.9 Å². The second-order valence-corrected chi connectivity index (χ2v) is 5.08. The molecule has 4 heteroatoms. The van der Waals surface area contributed by atoms with Gasteiger partial charge in [0.1, 0.15) is 0 Å². The molecule has 1 unspecified atom stereocenters. The van der Waals surface area contributed by atoms with Crippen molar-refractivity contribution in [3.05, 3.63) is 21.7 Å². The fraction of sp³-hybridized carbons (Fsp3) is 0.500. The minimum atomic E-state index is 0.328. The van der Waals surface area contributed by atoms with Crippen molar-refractivity contribution in [2.45, 2.75) is 25.8 Å². The van der Waals surface area contributed by atoms with E-state index in [9.17, 15) is 0 Å². The molecule has 0 spiro atoms. The van der Waals surface area contributed by atoms with Gasteiger partial charge in [-0.3, -0.25) is 0 Å². The number of ether oxygens (including phenoxy) is 2. The number of hydrogen-bond acceptors (Lipinski definition) is 3. The van der Waals surface area contributed by atoms with Gasteiger partial charge in [-0.25, -0.2) is 0 Å². The van der Waals surface area contributed by atoms with Crippen LogP contribution in [0.5, 0.6) is 11.5 Å². The first-order valence-electron chi connectivity index (χ1n) is 5.59. The van der Waals surface area contributed by atoms with Crippen molar-refractivity contribution in [3.8, 4) is 11.5 Å². The Bertz CT molecular complexity index is 428. The average Bonchev–Trinajstić information content (AvgIpc) is 2.92. The first-order valence-corrected chi connectivity index (χ1v) is 6.38. The summed E-state index contributed by atoms with van der Waals surface area (Å²) >= 11 is 3.60. The SMILES string of the molecule is Cc1c(C2CCCN2)cc2c(c1Br)OCO2. The molecule has 16 heavy (non-hydrogen) atoms. The van der Waals surface area contributed by atoms with E-state index in [1.807, 2.05) is 0 Å². The van der Waals surface area contributed by atoms with Crippen molar-refractivity contribution < 1.29 is 9.47 Å². The summed E-state index contributed by atoms with van der Waals surface area (Å²) in [7, 11) is 0. The molecule has 1 N–H and O–H groups in total. The second kappa shape index (κ2) is 3.93. The fourth-order valence-electron chi connectivity index (χ4n) is 2.43. The van der Waals surface area contributed by atoms with E-state index in [0.717, 1.165) is 22.5 Å². The minimum Gasteiger partial charge on any atom is -0.454 e. The van der Waals surface area contributed by atoms with Crippen LogP contribution in [0.1, 0.15) is 30.0 Å². The molecule has 0 saturated carbocycles. The van der Waals surface area contributed by atoms with E-state index < -0.39 is 0 Å². The molecule has 0 aromatic heterocycles. The Morgan fingerprint density at radius 2 is 2.31 bits per heavy atom. The van der Waals surface area contributed by atoms with Gasteiger partial charge in [-0.15, -0.1) is 0 Å². The summed E-state index contributed by atoms with van der Waals surface area (Å²) in [5.74, 6) is 1.71. The van der Waals surface area contributed by atoms with Gasteiger partial charge in [0, 0.05) is 6.04 Å². The van der Waals surface area contributed by atoms with E-state index in [1.54, 1.807) is 0 Å². The van der Waals surface area contributed by atoms with Crippen LogP contribution in [-0.4, -0.2) is 13.3 Å². The third kappa shape index (κ3) is 1.52. The zero-order chi connectivity index (χ0) is 11.1. The zero-order valence-electron chi connectivity index (χ0n) is 9.18. The molecule has 2 aliphatic heterocycles. The summed E-state index contributed by atoms with van der Waals surface area (Å²) in [6, 6.07) is 2.58. The number of rotatable bonds is 1. The third-order valence-electron chi connectivity index (χ3n) is 3.33. The largest absolute Gasteiger partial charge is 0.454 e. The lowest BCUT2D eigenvalue weighted by Crippen LogP contribution is -2.14. The third-order valence-corrected chi connectivity index (χ3v) is 4.28. The number of nitrogens with one attached hydrogen (secondary N) is 1. The highest BCUT2D eigenvalue weighted by Crippen LogP contribution is 2.44. The molecule has 1 aromatic rings. The molecule has 0 radical (unpaired) electrons. The average molecular weight is 284 g/mol. The van der Waals surface area contributed by atoms with Gasteiger partial charge in [0.15, 0.2) is 11.5 Å². The molecule has 1 fully saturated rings. The van der Waals surface area contributed by atoms with E-state index in [2.05, 4.69) is 34.2 Å². The van der Waals surface area contributed by atoms with E-state index in [4.69, 9.17) is 9.47 Å². The molecule has 0 amide bonds. The molecule has 3 rings (SSSR count). The number of fused-ring (bicyclic) bond motifs is 1. The van der Waals surface area contributed by atoms with Gasteiger partial charge >= 0.3 is 0 Å². The van der Waals surface area contributed by atoms with Gasteiger partial charge in [0.2, 0.25) is 6.79 Å². The Labute approximate surface area is 103 Å². The number of halogens is 1. The van der Waals surface area contributed by atoms with Crippen molar-refractivity contribution in [2.24, 2.45) is 0 Å². The molecule has 1 saturated heterocycles. The second-order valence-electron chi connectivity index (χ2n) is 4.29. The normalized spacial score (nSPS) is 22.8. The summed E-state index contributed by atoms with van der Waals surface area (Å²) in [6.07, 6.45) is 2.45. The Kier molecular flexibility index (Phi) is 2.56. The Morgan fingerprint density at radius 1 is 1.44 bits per heavy atom. The smallest absolute Gasteiger partial charge is 0.231 e. The Balaban J connectivity index is 2.08. The van der Waals surface area contributed by atoms with E-state index >= 15 is 0 Å². The van der Waals surface area contributed by atoms with Crippen molar-refractivity contribution >= 4 is 15.9 Å². The first kappa shape index (κ1) is 10.4. The maximum atomic E-state index is 5.45. The molecular weight excluding hydrogens is 270 g/mol. The molecular formula is C12H14BrNO2. The van der Waals surface area contributed by atoms with Crippen LogP contribution in [0.25, 0.3) is 0 Å². The molecule has 2 aliphatic rings. The lowest BCUT2D eigenvalue weighted by molar-refractivity contribution is 0.173. The molecule has 3 nitrogen and oxygen atoms in total. The molecule has 1 aromatic carbocycles.